The van der Waals surface area contributed by atoms with E-state index >= 15 is 0 Å². The summed E-state index contributed by atoms with van der Waals surface area (Å²) in [5.41, 5.74) is 6.31. The third kappa shape index (κ3) is 1.45. The highest BCUT2D eigenvalue weighted by molar-refractivity contribution is 5.83. The van der Waals surface area contributed by atoms with Gasteiger partial charge in [-0.1, -0.05) is 0 Å². The topological polar surface area (TPSA) is 75.0 Å². The van der Waals surface area contributed by atoms with Crippen LogP contribution >= 0.6 is 0 Å². The fourth-order valence-electron chi connectivity index (χ4n) is 1.89. The van der Waals surface area contributed by atoms with Crippen molar-refractivity contribution in [1.82, 2.24) is 10.2 Å². The highest BCUT2D eigenvalue weighted by atomic mass is 16.1. The van der Waals surface area contributed by atoms with Gasteiger partial charge in [-0.3, -0.25) is 9.89 Å². The third-order valence-corrected chi connectivity index (χ3v) is 2.57. The van der Waals surface area contributed by atoms with Crippen LogP contribution in [0.3, 0.4) is 0 Å². The van der Waals surface area contributed by atoms with E-state index in [1.54, 1.807) is 0 Å². The minimum atomic E-state index is -0.261. The highest BCUT2D eigenvalue weighted by Gasteiger charge is 2.30. The number of nitrogens with two attached hydrogens (primary N) is 1. The summed E-state index contributed by atoms with van der Waals surface area (Å²) in [6, 6.07) is 1.75. The maximum absolute atomic E-state index is 11.1. The van der Waals surface area contributed by atoms with Gasteiger partial charge in [-0.05, 0) is 19.8 Å². The number of aromatic amines is 1. The largest absolute Gasteiger partial charge is 0.368 e. The van der Waals surface area contributed by atoms with Crippen molar-refractivity contribution in [2.45, 2.75) is 25.8 Å². The van der Waals surface area contributed by atoms with Gasteiger partial charge in [-0.25, -0.2) is 0 Å². The smallest absolute Gasteiger partial charge is 0.240 e. The number of aromatic nitrogens is 2. The van der Waals surface area contributed by atoms with E-state index in [0.29, 0.717) is 0 Å². The van der Waals surface area contributed by atoms with Crippen molar-refractivity contribution >= 4 is 11.7 Å². The van der Waals surface area contributed by atoms with E-state index in [9.17, 15) is 4.79 Å². The molecule has 0 spiro atoms. The second-order valence-electron chi connectivity index (χ2n) is 3.66. The van der Waals surface area contributed by atoms with Gasteiger partial charge >= 0.3 is 0 Å². The van der Waals surface area contributed by atoms with Crippen molar-refractivity contribution in [3.05, 3.63) is 11.8 Å². The summed E-state index contributed by atoms with van der Waals surface area (Å²) in [5.74, 6) is 0.562. The third-order valence-electron chi connectivity index (χ3n) is 2.57. The average Bonchev–Trinajstić information content (AvgIpc) is 2.70. The Morgan fingerprint density at radius 3 is 3.14 bits per heavy atom. The molecule has 3 N–H and O–H groups in total. The number of H-pyrrole nitrogens is 1. The molecule has 0 bridgehead atoms. The second-order valence-corrected chi connectivity index (χ2v) is 3.66. The molecule has 1 atom stereocenters. The fraction of sp³-hybridized carbons (Fsp3) is 0.556. The van der Waals surface area contributed by atoms with Crippen LogP contribution in [0.1, 0.15) is 18.5 Å². The van der Waals surface area contributed by atoms with Gasteiger partial charge < -0.3 is 10.6 Å². The Morgan fingerprint density at radius 2 is 2.57 bits per heavy atom. The molecule has 0 unspecified atom stereocenters. The zero-order valence-corrected chi connectivity index (χ0v) is 8.16. The molecular weight excluding hydrogens is 180 g/mol. The van der Waals surface area contributed by atoms with Crippen LogP contribution in [0.4, 0.5) is 5.82 Å². The monoisotopic (exact) mass is 194 g/mol. The average molecular weight is 194 g/mol. The van der Waals surface area contributed by atoms with Crippen LogP contribution in [-0.2, 0) is 4.79 Å². The number of anilines is 1. The van der Waals surface area contributed by atoms with Crippen LogP contribution in [0.5, 0.6) is 0 Å². The lowest BCUT2D eigenvalue weighted by Crippen LogP contribution is -2.40. The molecule has 2 heterocycles. The number of nitrogens with one attached hydrogen (secondary N) is 1. The van der Waals surface area contributed by atoms with Crippen molar-refractivity contribution in [2.75, 3.05) is 11.4 Å². The van der Waals surface area contributed by atoms with Crippen LogP contribution in [-0.4, -0.2) is 28.7 Å². The molecule has 14 heavy (non-hydrogen) atoms. The number of carbonyl (C=O) groups excluding carboxylic acids is 1. The van der Waals surface area contributed by atoms with Crippen molar-refractivity contribution in [2.24, 2.45) is 5.73 Å². The number of rotatable bonds is 2. The van der Waals surface area contributed by atoms with Gasteiger partial charge in [-0.2, -0.15) is 5.10 Å². The van der Waals surface area contributed by atoms with Crippen LogP contribution in [0.2, 0.25) is 0 Å². The maximum atomic E-state index is 11.1. The predicted molar refractivity (Wildman–Crippen MR) is 52.9 cm³/mol. The Bertz CT molecular complexity index is 346. The van der Waals surface area contributed by atoms with E-state index in [0.717, 1.165) is 30.9 Å². The molecule has 1 aromatic heterocycles. The first-order valence-corrected chi connectivity index (χ1v) is 4.76. The van der Waals surface area contributed by atoms with Gasteiger partial charge in [0.25, 0.3) is 0 Å². The zero-order chi connectivity index (χ0) is 10.1. The SMILES string of the molecule is Cc1cc(N2CCC[C@@H]2C(N)=O)n[nH]1. The maximum Gasteiger partial charge on any atom is 0.240 e. The molecule has 1 aliphatic heterocycles. The standard InChI is InChI=1S/C9H14N4O/c1-6-5-8(12-11-6)13-4-2-3-7(13)9(10)14/h5,7H,2-4H2,1H3,(H2,10,14)(H,11,12)/t7-/m1/s1. The Morgan fingerprint density at radius 1 is 1.79 bits per heavy atom. The van der Waals surface area contributed by atoms with E-state index < -0.39 is 0 Å². The van der Waals surface area contributed by atoms with E-state index in [4.69, 9.17) is 5.73 Å². The summed E-state index contributed by atoms with van der Waals surface area (Å²) in [6.45, 7) is 2.80. The molecule has 0 aliphatic carbocycles. The van der Waals surface area contributed by atoms with Gasteiger partial charge in [0.2, 0.25) is 5.91 Å². The van der Waals surface area contributed by atoms with Gasteiger partial charge in [0, 0.05) is 18.3 Å². The minimum absolute atomic E-state index is 0.183. The Kier molecular flexibility index (Phi) is 2.15. The number of amides is 1. The Balaban J connectivity index is 2.21. The molecule has 1 saturated heterocycles. The van der Waals surface area contributed by atoms with Gasteiger partial charge in [0.15, 0.2) is 5.82 Å². The summed E-state index contributed by atoms with van der Waals surface area (Å²) in [6.07, 6.45) is 1.83. The van der Waals surface area contributed by atoms with Crippen LogP contribution in [0.15, 0.2) is 6.07 Å². The highest BCUT2D eigenvalue weighted by Crippen LogP contribution is 2.23. The molecule has 2 rings (SSSR count). The first-order valence-electron chi connectivity index (χ1n) is 4.76. The van der Waals surface area contributed by atoms with Crippen molar-refractivity contribution < 1.29 is 4.79 Å². The number of primary amides is 1. The molecule has 76 valence electrons. The summed E-state index contributed by atoms with van der Waals surface area (Å²) in [7, 11) is 0. The van der Waals surface area contributed by atoms with E-state index in [-0.39, 0.29) is 11.9 Å². The lowest BCUT2D eigenvalue weighted by Gasteiger charge is -2.21. The van der Waals surface area contributed by atoms with Crippen LogP contribution in [0, 0.1) is 6.92 Å². The van der Waals surface area contributed by atoms with E-state index in [1.165, 1.54) is 0 Å². The fourth-order valence-corrected chi connectivity index (χ4v) is 1.89. The van der Waals surface area contributed by atoms with Crippen molar-refractivity contribution in [3.8, 4) is 0 Å². The molecule has 0 saturated carbocycles. The van der Waals surface area contributed by atoms with Gasteiger partial charge in [0.1, 0.15) is 6.04 Å². The Hall–Kier alpha value is -1.52. The van der Waals surface area contributed by atoms with Crippen LogP contribution < -0.4 is 10.6 Å². The molecule has 5 nitrogen and oxygen atoms in total. The molecule has 1 aromatic rings. The number of hydrogen-bond donors (Lipinski definition) is 2. The summed E-state index contributed by atoms with van der Waals surface area (Å²) in [4.78, 5) is 13.1. The zero-order valence-electron chi connectivity index (χ0n) is 8.16. The summed E-state index contributed by atoms with van der Waals surface area (Å²) < 4.78 is 0. The van der Waals surface area contributed by atoms with Gasteiger partial charge in [0.05, 0.1) is 0 Å². The van der Waals surface area contributed by atoms with Crippen LogP contribution in [0.25, 0.3) is 0 Å². The Labute approximate surface area is 82.3 Å². The molecule has 1 aliphatic rings. The minimum Gasteiger partial charge on any atom is -0.368 e. The second kappa shape index (κ2) is 3.32. The van der Waals surface area contributed by atoms with Gasteiger partial charge in [-0.15, -0.1) is 0 Å². The molecule has 0 aromatic carbocycles. The van der Waals surface area contributed by atoms with Crippen molar-refractivity contribution in [1.29, 1.82) is 0 Å². The number of carbonyl (C=O) groups is 1. The first kappa shape index (κ1) is 9.05. The predicted octanol–water partition coefficient (Wildman–Crippen LogP) is 0.172. The number of hydrogen-bond acceptors (Lipinski definition) is 3. The molecule has 5 heteroatoms. The molecule has 1 amide bonds. The molecular formula is C9H14N4O. The lowest BCUT2D eigenvalue weighted by atomic mass is 10.2. The number of aryl methyl sites for hydroxylation is 1. The first-order chi connectivity index (χ1) is 6.68. The van der Waals surface area contributed by atoms with Crippen molar-refractivity contribution in [3.63, 3.8) is 0 Å². The normalized spacial score (nSPS) is 21.5. The number of nitrogens with zero attached hydrogens (tertiary/aromatic N) is 2. The lowest BCUT2D eigenvalue weighted by molar-refractivity contribution is -0.119. The summed E-state index contributed by atoms with van der Waals surface area (Å²) in [5, 5.41) is 6.98. The molecule has 0 radical (unpaired) electrons. The quantitative estimate of drug-likeness (QED) is 0.704. The summed E-state index contributed by atoms with van der Waals surface area (Å²) >= 11 is 0. The van der Waals surface area contributed by atoms with E-state index in [2.05, 4.69) is 10.2 Å². The molecule has 1 fully saturated rings. The van der Waals surface area contributed by atoms with E-state index in [1.807, 2.05) is 17.9 Å².